The average molecular weight is 383 g/mol. The number of hydrogen-bond donors (Lipinski definition) is 1. The lowest BCUT2D eigenvalue weighted by Gasteiger charge is -2.37. The Hall–Kier alpha value is 0.451. The standard InChI is InChI=1S/C15H38O5Si3/c1-9-14(2)15(18-13-12-17-11-10-16)21(19-22(3,4)5)20-23(6,7)8/h14-16,21H,9-13H2,1-8H3. The van der Waals surface area contributed by atoms with Gasteiger partial charge in [0.05, 0.1) is 32.2 Å². The van der Waals surface area contributed by atoms with E-state index in [1.807, 2.05) is 0 Å². The summed E-state index contributed by atoms with van der Waals surface area (Å²) in [6.07, 6.45) is 1.04. The Kier molecular flexibility index (Phi) is 11.4. The van der Waals surface area contributed by atoms with Gasteiger partial charge in [0.25, 0.3) is 0 Å². The van der Waals surface area contributed by atoms with E-state index < -0.39 is 25.9 Å². The first kappa shape index (κ1) is 23.5. The van der Waals surface area contributed by atoms with Gasteiger partial charge < -0.3 is 22.8 Å². The van der Waals surface area contributed by atoms with E-state index in [9.17, 15) is 0 Å². The Balaban J connectivity index is 4.91. The Morgan fingerprint density at radius 1 is 0.913 bits per heavy atom. The maximum absolute atomic E-state index is 8.75. The van der Waals surface area contributed by atoms with Crippen molar-refractivity contribution < 1.29 is 22.8 Å². The zero-order valence-electron chi connectivity index (χ0n) is 16.3. The van der Waals surface area contributed by atoms with E-state index in [0.717, 1.165) is 6.42 Å². The van der Waals surface area contributed by atoms with Gasteiger partial charge in [0.15, 0.2) is 16.6 Å². The minimum absolute atomic E-state index is 0.0381. The smallest absolute Gasteiger partial charge is 0.331 e. The highest BCUT2D eigenvalue weighted by molar-refractivity contribution is 6.81. The van der Waals surface area contributed by atoms with Gasteiger partial charge in [-0.3, -0.25) is 0 Å². The molecule has 0 amide bonds. The van der Waals surface area contributed by atoms with Crippen molar-refractivity contribution in [1.82, 2.24) is 0 Å². The van der Waals surface area contributed by atoms with Crippen LogP contribution in [0.2, 0.25) is 39.3 Å². The first-order valence-corrected chi connectivity index (χ1v) is 17.1. The van der Waals surface area contributed by atoms with Crippen molar-refractivity contribution in [3.63, 3.8) is 0 Å². The SMILES string of the molecule is CCC(C)C(OCCOCCO)[SiH](O[Si](C)(C)C)O[Si](C)(C)C. The van der Waals surface area contributed by atoms with Crippen molar-refractivity contribution in [3.05, 3.63) is 0 Å². The predicted octanol–water partition coefficient (Wildman–Crippen LogP) is 2.89. The molecule has 0 radical (unpaired) electrons. The third-order valence-electron chi connectivity index (χ3n) is 3.19. The van der Waals surface area contributed by atoms with Crippen molar-refractivity contribution in [2.24, 2.45) is 5.92 Å². The van der Waals surface area contributed by atoms with Crippen LogP contribution in [0.4, 0.5) is 0 Å². The van der Waals surface area contributed by atoms with Crippen LogP contribution in [0.5, 0.6) is 0 Å². The van der Waals surface area contributed by atoms with Crippen LogP contribution in [0.1, 0.15) is 20.3 Å². The summed E-state index contributed by atoms with van der Waals surface area (Å²) in [5.74, 6) is 0.400. The highest BCUT2D eigenvalue weighted by atomic mass is 28.4. The van der Waals surface area contributed by atoms with Crippen molar-refractivity contribution in [2.45, 2.75) is 65.3 Å². The van der Waals surface area contributed by atoms with Crippen LogP contribution in [0.25, 0.3) is 0 Å². The largest absolute Gasteiger partial charge is 0.437 e. The fraction of sp³-hybridized carbons (Fsp3) is 1.00. The van der Waals surface area contributed by atoms with Crippen LogP contribution in [0.15, 0.2) is 0 Å². The molecule has 0 saturated heterocycles. The van der Waals surface area contributed by atoms with E-state index in [1.54, 1.807) is 0 Å². The van der Waals surface area contributed by atoms with E-state index in [2.05, 4.69) is 53.1 Å². The second-order valence-electron chi connectivity index (χ2n) is 7.89. The molecule has 0 aromatic rings. The zero-order valence-corrected chi connectivity index (χ0v) is 19.5. The summed E-state index contributed by atoms with van der Waals surface area (Å²) >= 11 is 0. The lowest BCUT2D eigenvalue weighted by Crippen LogP contribution is -2.53. The normalized spacial score (nSPS) is 15.9. The molecular formula is C15H38O5Si3. The topological polar surface area (TPSA) is 57.2 Å². The van der Waals surface area contributed by atoms with Crippen LogP contribution >= 0.6 is 0 Å². The van der Waals surface area contributed by atoms with Crippen LogP contribution in [0, 0.1) is 5.92 Å². The summed E-state index contributed by atoms with van der Waals surface area (Å²) in [4.78, 5) is 0. The van der Waals surface area contributed by atoms with E-state index in [0.29, 0.717) is 25.7 Å². The van der Waals surface area contributed by atoms with Crippen LogP contribution in [-0.2, 0) is 17.7 Å². The molecular weight excluding hydrogens is 344 g/mol. The monoisotopic (exact) mass is 382 g/mol. The molecule has 0 aromatic carbocycles. The Morgan fingerprint density at radius 3 is 1.83 bits per heavy atom. The lowest BCUT2D eigenvalue weighted by molar-refractivity contribution is -0.00257. The molecule has 1 N–H and O–H groups in total. The molecule has 2 atom stereocenters. The minimum atomic E-state index is -1.94. The molecule has 140 valence electrons. The number of aliphatic hydroxyl groups is 1. The summed E-state index contributed by atoms with van der Waals surface area (Å²) in [5.41, 5.74) is 0.0381. The highest BCUT2D eigenvalue weighted by Gasteiger charge is 2.38. The van der Waals surface area contributed by atoms with Gasteiger partial charge in [-0.2, -0.15) is 0 Å². The Bertz CT molecular complexity index is 288. The van der Waals surface area contributed by atoms with Crippen molar-refractivity contribution in [1.29, 1.82) is 0 Å². The van der Waals surface area contributed by atoms with Crippen LogP contribution in [-0.4, -0.2) is 63.2 Å². The summed E-state index contributed by atoms with van der Waals surface area (Å²) in [6.45, 7) is 19.0. The van der Waals surface area contributed by atoms with Crippen molar-refractivity contribution in [3.8, 4) is 0 Å². The van der Waals surface area contributed by atoms with E-state index in [-0.39, 0.29) is 12.3 Å². The third-order valence-corrected chi connectivity index (χ3v) is 12.1. The maximum Gasteiger partial charge on any atom is 0.331 e. The quantitative estimate of drug-likeness (QED) is 0.392. The summed E-state index contributed by atoms with van der Waals surface area (Å²) in [6, 6.07) is 0. The molecule has 0 spiro atoms. The summed E-state index contributed by atoms with van der Waals surface area (Å²) < 4.78 is 24.4. The molecule has 0 saturated carbocycles. The van der Waals surface area contributed by atoms with Gasteiger partial charge >= 0.3 is 9.28 Å². The second kappa shape index (κ2) is 11.1. The van der Waals surface area contributed by atoms with E-state index >= 15 is 0 Å². The first-order chi connectivity index (χ1) is 10.5. The molecule has 23 heavy (non-hydrogen) atoms. The minimum Gasteiger partial charge on any atom is -0.437 e. The Labute approximate surface area is 146 Å². The average Bonchev–Trinajstić information content (AvgIpc) is 2.38. The molecule has 0 aromatic heterocycles. The van der Waals surface area contributed by atoms with Crippen molar-refractivity contribution >= 4 is 25.9 Å². The molecule has 0 rings (SSSR count). The highest BCUT2D eigenvalue weighted by Crippen LogP contribution is 2.22. The number of ether oxygens (including phenoxy) is 2. The third kappa shape index (κ3) is 12.5. The fourth-order valence-corrected chi connectivity index (χ4v) is 10.4. The van der Waals surface area contributed by atoms with E-state index in [4.69, 9.17) is 22.8 Å². The number of rotatable bonds is 13. The molecule has 0 aliphatic rings. The van der Waals surface area contributed by atoms with Gasteiger partial charge in [0, 0.05) is 0 Å². The van der Waals surface area contributed by atoms with Gasteiger partial charge in [0.2, 0.25) is 0 Å². The summed E-state index contributed by atoms with van der Waals surface area (Å²) in [7, 11) is -5.31. The van der Waals surface area contributed by atoms with Gasteiger partial charge in [-0.15, -0.1) is 0 Å². The fourth-order valence-electron chi connectivity index (χ4n) is 2.01. The van der Waals surface area contributed by atoms with Gasteiger partial charge in [-0.05, 0) is 45.2 Å². The predicted molar refractivity (Wildman–Crippen MR) is 103 cm³/mol. The van der Waals surface area contributed by atoms with Gasteiger partial charge in [0.1, 0.15) is 0 Å². The van der Waals surface area contributed by atoms with Gasteiger partial charge in [-0.1, -0.05) is 20.3 Å². The Morgan fingerprint density at radius 2 is 1.43 bits per heavy atom. The van der Waals surface area contributed by atoms with Gasteiger partial charge in [-0.25, -0.2) is 0 Å². The molecule has 8 heteroatoms. The lowest BCUT2D eigenvalue weighted by atomic mass is 10.1. The molecule has 2 unspecified atom stereocenters. The number of hydrogen-bond acceptors (Lipinski definition) is 5. The maximum atomic E-state index is 8.75. The summed E-state index contributed by atoms with van der Waals surface area (Å²) in [5, 5.41) is 8.75. The molecule has 0 aliphatic heterocycles. The van der Waals surface area contributed by atoms with Crippen LogP contribution in [0.3, 0.4) is 0 Å². The van der Waals surface area contributed by atoms with Crippen molar-refractivity contribution in [2.75, 3.05) is 26.4 Å². The molecule has 0 bridgehead atoms. The van der Waals surface area contributed by atoms with E-state index in [1.165, 1.54) is 0 Å². The van der Waals surface area contributed by atoms with Crippen LogP contribution < -0.4 is 0 Å². The molecule has 0 aliphatic carbocycles. The molecule has 0 heterocycles. The first-order valence-electron chi connectivity index (χ1n) is 8.66. The second-order valence-corrected chi connectivity index (χ2v) is 19.6. The zero-order chi connectivity index (χ0) is 18.1. The number of aliphatic hydroxyl groups excluding tert-OH is 1. The molecule has 5 nitrogen and oxygen atoms in total. The molecule has 0 fully saturated rings.